The molecule has 1 aromatic rings. The van der Waals surface area contributed by atoms with E-state index in [0.717, 1.165) is 12.8 Å². The second kappa shape index (κ2) is 7.53. The Morgan fingerprint density at radius 2 is 2.00 bits per heavy atom. The standard InChI is InChI=1S/C14H25N5O2/c1-21-8-13-17-11(7-12(18-13)19-15)16-9-14(10-20)5-3-2-4-6-14/h7,20H,2-6,8-10,15H2,1H3,(H2,16,17,18,19). The number of aliphatic hydroxyl groups excluding tert-OH is 1. The van der Waals surface area contributed by atoms with Gasteiger partial charge in [-0.3, -0.25) is 0 Å². The van der Waals surface area contributed by atoms with Gasteiger partial charge in [0.2, 0.25) is 0 Å². The first-order valence-corrected chi connectivity index (χ1v) is 7.39. The molecular formula is C14H25N5O2. The van der Waals surface area contributed by atoms with Gasteiger partial charge in [-0.1, -0.05) is 19.3 Å². The highest BCUT2D eigenvalue weighted by Gasteiger charge is 2.31. The number of ether oxygens (including phenoxy) is 1. The lowest BCUT2D eigenvalue weighted by atomic mass is 9.74. The van der Waals surface area contributed by atoms with Crippen LogP contribution in [0.1, 0.15) is 37.9 Å². The lowest BCUT2D eigenvalue weighted by Gasteiger charge is -2.35. The van der Waals surface area contributed by atoms with Gasteiger partial charge in [-0.15, -0.1) is 0 Å². The molecule has 7 nitrogen and oxygen atoms in total. The molecule has 0 aliphatic heterocycles. The Hall–Kier alpha value is -1.44. The average molecular weight is 295 g/mol. The first-order valence-electron chi connectivity index (χ1n) is 7.39. The highest BCUT2D eigenvalue weighted by Crippen LogP contribution is 2.35. The third kappa shape index (κ3) is 4.26. The van der Waals surface area contributed by atoms with Gasteiger partial charge in [0.15, 0.2) is 5.82 Å². The summed E-state index contributed by atoms with van der Waals surface area (Å²) in [4.78, 5) is 8.61. The summed E-state index contributed by atoms with van der Waals surface area (Å²) in [7, 11) is 1.60. The maximum absolute atomic E-state index is 9.73. The summed E-state index contributed by atoms with van der Waals surface area (Å²) < 4.78 is 5.06. The minimum absolute atomic E-state index is 0.0407. The lowest BCUT2D eigenvalue weighted by Crippen LogP contribution is -2.35. The number of aliphatic hydroxyl groups is 1. The van der Waals surface area contributed by atoms with E-state index in [0.29, 0.717) is 30.6 Å². The van der Waals surface area contributed by atoms with E-state index >= 15 is 0 Å². The molecule has 1 aliphatic carbocycles. The molecule has 0 atom stereocenters. The smallest absolute Gasteiger partial charge is 0.158 e. The van der Waals surface area contributed by atoms with Crippen LogP contribution >= 0.6 is 0 Å². The molecule has 0 amide bonds. The molecule has 0 radical (unpaired) electrons. The van der Waals surface area contributed by atoms with E-state index in [1.165, 1.54) is 19.3 Å². The average Bonchev–Trinajstić information content (AvgIpc) is 2.54. The van der Waals surface area contributed by atoms with E-state index in [4.69, 9.17) is 10.6 Å². The van der Waals surface area contributed by atoms with Crippen molar-refractivity contribution in [3.8, 4) is 0 Å². The Labute approximate surface area is 125 Å². The maximum Gasteiger partial charge on any atom is 0.158 e. The van der Waals surface area contributed by atoms with Gasteiger partial charge in [0.05, 0.1) is 6.61 Å². The first kappa shape index (κ1) is 15.9. The van der Waals surface area contributed by atoms with Gasteiger partial charge in [0.1, 0.15) is 18.2 Å². The second-order valence-corrected chi connectivity index (χ2v) is 5.70. The number of anilines is 2. The molecule has 1 heterocycles. The number of nitrogen functional groups attached to an aromatic ring is 1. The van der Waals surface area contributed by atoms with Crippen molar-refractivity contribution in [1.29, 1.82) is 0 Å². The summed E-state index contributed by atoms with van der Waals surface area (Å²) in [5.41, 5.74) is 2.49. The van der Waals surface area contributed by atoms with Gasteiger partial charge < -0.3 is 20.6 Å². The van der Waals surface area contributed by atoms with E-state index in [-0.39, 0.29) is 12.0 Å². The monoisotopic (exact) mass is 295 g/mol. The molecule has 21 heavy (non-hydrogen) atoms. The summed E-state index contributed by atoms with van der Waals surface area (Å²) in [6, 6.07) is 1.76. The van der Waals surface area contributed by atoms with Crippen LogP contribution in [0.5, 0.6) is 0 Å². The summed E-state index contributed by atoms with van der Waals surface area (Å²) in [5, 5.41) is 13.1. The highest BCUT2D eigenvalue weighted by atomic mass is 16.5. The van der Waals surface area contributed by atoms with Crippen LogP contribution in [-0.4, -0.2) is 35.3 Å². The largest absolute Gasteiger partial charge is 0.396 e. The van der Waals surface area contributed by atoms with Crippen LogP contribution in [0.2, 0.25) is 0 Å². The molecule has 0 spiro atoms. The zero-order chi connectivity index (χ0) is 15.1. The minimum atomic E-state index is -0.0407. The van der Waals surface area contributed by atoms with Gasteiger partial charge in [-0.2, -0.15) is 0 Å². The number of nitrogens with zero attached hydrogens (tertiary/aromatic N) is 2. The third-order valence-corrected chi connectivity index (χ3v) is 4.09. The quantitative estimate of drug-likeness (QED) is 0.443. The third-order valence-electron chi connectivity index (χ3n) is 4.09. The number of nitrogens with two attached hydrogens (primary N) is 1. The van der Waals surface area contributed by atoms with Gasteiger partial charge >= 0.3 is 0 Å². The Kier molecular flexibility index (Phi) is 5.72. The highest BCUT2D eigenvalue weighted by molar-refractivity contribution is 5.47. The molecular weight excluding hydrogens is 270 g/mol. The van der Waals surface area contributed by atoms with Crippen molar-refractivity contribution >= 4 is 11.6 Å². The van der Waals surface area contributed by atoms with Gasteiger partial charge in [-0.25, -0.2) is 15.8 Å². The number of hydrazine groups is 1. The molecule has 7 heteroatoms. The summed E-state index contributed by atoms with van der Waals surface area (Å²) in [5.74, 6) is 7.23. The van der Waals surface area contributed by atoms with Crippen LogP contribution in [0.15, 0.2) is 6.07 Å². The number of aromatic nitrogens is 2. The Balaban J connectivity index is 2.05. The lowest BCUT2D eigenvalue weighted by molar-refractivity contribution is 0.0943. The van der Waals surface area contributed by atoms with E-state index < -0.39 is 0 Å². The topological polar surface area (TPSA) is 105 Å². The van der Waals surface area contributed by atoms with E-state index in [1.807, 2.05) is 0 Å². The van der Waals surface area contributed by atoms with Gasteiger partial charge in [-0.05, 0) is 12.8 Å². The van der Waals surface area contributed by atoms with Crippen molar-refractivity contribution in [3.63, 3.8) is 0 Å². The Morgan fingerprint density at radius 1 is 1.29 bits per heavy atom. The summed E-state index contributed by atoms with van der Waals surface area (Å²) >= 11 is 0. The first-order chi connectivity index (χ1) is 10.2. The molecule has 0 saturated heterocycles. The van der Waals surface area contributed by atoms with E-state index in [2.05, 4.69) is 20.7 Å². The van der Waals surface area contributed by atoms with Crippen LogP contribution < -0.4 is 16.6 Å². The van der Waals surface area contributed by atoms with E-state index in [9.17, 15) is 5.11 Å². The number of hydrogen-bond donors (Lipinski definition) is 4. The fourth-order valence-electron chi connectivity index (χ4n) is 2.83. The molecule has 0 unspecified atom stereocenters. The number of rotatable bonds is 7. The number of hydrogen-bond acceptors (Lipinski definition) is 7. The van der Waals surface area contributed by atoms with Crippen LogP contribution in [0, 0.1) is 5.41 Å². The predicted molar refractivity (Wildman–Crippen MR) is 81.6 cm³/mol. The van der Waals surface area contributed by atoms with E-state index in [1.54, 1.807) is 13.2 Å². The number of methoxy groups -OCH3 is 1. The van der Waals surface area contributed by atoms with Gasteiger partial charge in [0, 0.05) is 25.1 Å². The van der Waals surface area contributed by atoms with Crippen LogP contribution in [0.3, 0.4) is 0 Å². The molecule has 5 N–H and O–H groups in total. The maximum atomic E-state index is 9.73. The molecule has 1 saturated carbocycles. The molecule has 1 aromatic heterocycles. The fraction of sp³-hybridized carbons (Fsp3) is 0.714. The van der Waals surface area contributed by atoms with Crippen molar-refractivity contribution in [2.45, 2.75) is 38.7 Å². The Bertz CT molecular complexity index is 449. The van der Waals surface area contributed by atoms with Crippen LogP contribution in [-0.2, 0) is 11.3 Å². The van der Waals surface area contributed by atoms with Crippen molar-refractivity contribution in [1.82, 2.24) is 9.97 Å². The molecule has 1 aliphatic rings. The minimum Gasteiger partial charge on any atom is -0.396 e. The zero-order valence-corrected chi connectivity index (χ0v) is 12.6. The van der Waals surface area contributed by atoms with Crippen molar-refractivity contribution in [2.75, 3.05) is 31.0 Å². The van der Waals surface area contributed by atoms with Crippen molar-refractivity contribution < 1.29 is 9.84 Å². The second-order valence-electron chi connectivity index (χ2n) is 5.70. The molecule has 0 aromatic carbocycles. The molecule has 2 rings (SSSR count). The Morgan fingerprint density at radius 3 is 2.62 bits per heavy atom. The zero-order valence-electron chi connectivity index (χ0n) is 12.6. The normalized spacial score (nSPS) is 17.5. The van der Waals surface area contributed by atoms with Gasteiger partial charge in [0.25, 0.3) is 0 Å². The summed E-state index contributed by atoms with van der Waals surface area (Å²) in [6.45, 7) is 1.24. The molecule has 1 fully saturated rings. The SMILES string of the molecule is COCc1nc(NN)cc(NCC2(CO)CCCCC2)n1. The molecule has 118 valence electrons. The van der Waals surface area contributed by atoms with Crippen LogP contribution in [0.4, 0.5) is 11.6 Å². The van der Waals surface area contributed by atoms with Crippen molar-refractivity contribution in [2.24, 2.45) is 11.3 Å². The fourth-order valence-corrected chi connectivity index (χ4v) is 2.83. The van der Waals surface area contributed by atoms with Crippen LogP contribution in [0.25, 0.3) is 0 Å². The van der Waals surface area contributed by atoms with Crippen molar-refractivity contribution in [3.05, 3.63) is 11.9 Å². The summed E-state index contributed by atoms with van der Waals surface area (Å²) in [6.07, 6.45) is 5.71. The predicted octanol–water partition coefficient (Wildman–Crippen LogP) is 1.26. The molecule has 0 bridgehead atoms. The number of nitrogens with one attached hydrogen (secondary N) is 2.